The maximum absolute atomic E-state index is 12.6. The molecular formula is C14H24N4O. The Bertz CT molecular complexity index is 421. The normalized spacial score (nSPS) is 16.8. The summed E-state index contributed by atoms with van der Waals surface area (Å²) in [5.74, 6) is 0.703. The molecule has 1 saturated heterocycles. The summed E-state index contributed by atoms with van der Waals surface area (Å²) in [6.45, 7) is 7.14. The molecule has 1 amide bonds. The third-order valence-corrected chi connectivity index (χ3v) is 3.83. The number of hydrogen-bond donors (Lipinski definition) is 1. The first-order chi connectivity index (χ1) is 9.09. The Morgan fingerprint density at radius 1 is 1.53 bits per heavy atom. The smallest absolute Gasteiger partial charge is 0.272 e. The topological polar surface area (TPSA) is 50.2 Å². The van der Waals surface area contributed by atoms with Crippen molar-refractivity contribution in [1.82, 2.24) is 19.8 Å². The largest absolute Gasteiger partial charge is 0.335 e. The highest BCUT2D eigenvalue weighted by Crippen LogP contribution is 2.17. The molecule has 0 bridgehead atoms. The molecule has 0 radical (unpaired) electrons. The van der Waals surface area contributed by atoms with Crippen molar-refractivity contribution < 1.29 is 4.79 Å². The maximum atomic E-state index is 12.6. The van der Waals surface area contributed by atoms with E-state index in [0.29, 0.717) is 11.6 Å². The number of rotatable bonds is 4. The highest BCUT2D eigenvalue weighted by Gasteiger charge is 2.25. The maximum Gasteiger partial charge on any atom is 0.272 e. The first kappa shape index (κ1) is 14.1. The van der Waals surface area contributed by atoms with Crippen molar-refractivity contribution in [2.75, 3.05) is 19.6 Å². The van der Waals surface area contributed by atoms with E-state index in [1.165, 1.54) is 0 Å². The number of hydrogen-bond acceptors (Lipinski definition) is 3. The van der Waals surface area contributed by atoms with E-state index >= 15 is 0 Å². The van der Waals surface area contributed by atoms with Crippen molar-refractivity contribution in [3.8, 4) is 0 Å². The number of piperidine rings is 1. The van der Waals surface area contributed by atoms with Gasteiger partial charge in [0.2, 0.25) is 0 Å². The van der Waals surface area contributed by atoms with Crippen LogP contribution >= 0.6 is 0 Å². The number of imidazole rings is 1. The van der Waals surface area contributed by atoms with Crippen LogP contribution in [-0.2, 0) is 7.05 Å². The molecule has 1 aliphatic rings. The summed E-state index contributed by atoms with van der Waals surface area (Å²) in [5.41, 5.74) is 0.669. The Morgan fingerprint density at radius 2 is 2.21 bits per heavy atom. The summed E-state index contributed by atoms with van der Waals surface area (Å²) in [7, 11) is 1.86. The molecule has 1 aromatic rings. The molecule has 19 heavy (non-hydrogen) atoms. The van der Waals surface area contributed by atoms with Gasteiger partial charge in [-0.3, -0.25) is 4.79 Å². The number of carbonyl (C=O) groups is 1. The van der Waals surface area contributed by atoms with Gasteiger partial charge in [0.05, 0.1) is 12.5 Å². The third-order valence-electron chi connectivity index (χ3n) is 3.83. The van der Waals surface area contributed by atoms with E-state index in [9.17, 15) is 4.79 Å². The highest BCUT2D eigenvalue weighted by atomic mass is 16.2. The van der Waals surface area contributed by atoms with Gasteiger partial charge in [0.15, 0.2) is 0 Å². The van der Waals surface area contributed by atoms with E-state index in [2.05, 4.69) is 24.1 Å². The molecular weight excluding hydrogens is 240 g/mol. The van der Waals surface area contributed by atoms with Crippen molar-refractivity contribution in [3.05, 3.63) is 18.2 Å². The lowest BCUT2D eigenvalue weighted by Crippen LogP contribution is -2.43. The molecule has 0 aromatic carbocycles. The second-order valence-electron chi connectivity index (χ2n) is 5.63. The highest BCUT2D eigenvalue weighted by molar-refractivity contribution is 5.92. The Morgan fingerprint density at radius 3 is 2.74 bits per heavy atom. The minimum atomic E-state index is 0.0912. The van der Waals surface area contributed by atoms with Gasteiger partial charge in [-0.2, -0.15) is 0 Å². The van der Waals surface area contributed by atoms with Gasteiger partial charge in [-0.25, -0.2) is 4.98 Å². The molecule has 1 aromatic heterocycles. The Kier molecular flexibility index (Phi) is 4.58. The number of amides is 1. The van der Waals surface area contributed by atoms with Crippen LogP contribution in [0.25, 0.3) is 0 Å². The van der Waals surface area contributed by atoms with Crippen LogP contribution in [0.2, 0.25) is 0 Å². The Hall–Kier alpha value is -1.36. The Balaban J connectivity index is 2.07. The van der Waals surface area contributed by atoms with E-state index in [-0.39, 0.29) is 11.9 Å². The van der Waals surface area contributed by atoms with Crippen molar-refractivity contribution in [2.24, 2.45) is 13.0 Å². The fourth-order valence-corrected chi connectivity index (χ4v) is 2.58. The van der Waals surface area contributed by atoms with Crippen LogP contribution in [0.3, 0.4) is 0 Å². The number of aryl methyl sites for hydroxylation is 1. The molecule has 0 spiro atoms. The molecule has 0 atom stereocenters. The average molecular weight is 264 g/mol. The molecule has 5 heteroatoms. The van der Waals surface area contributed by atoms with Crippen molar-refractivity contribution >= 4 is 5.91 Å². The van der Waals surface area contributed by atoms with Gasteiger partial charge in [0, 0.05) is 19.6 Å². The summed E-state index contributed by atoms with van der Waals surface area (Å²) in [5, 5.41) is 3.37. The number of aromatic nitrogens is 2. The Labute approximate surface area is 115 Å². The second kappa shape index (κ2) is 6.19. The van der Waals surface area contributed by atoms with Crippen molar-refractivity contribution in [3.63, 3.8) is 0 Å². The van der Waals surface area contributed by atoms with E-state index < -0.39 is 0 Å². The van der Waals surface area contributed by atoms with Gasteiger partial charge in [0.25, 0.3) is 5.91 Å². The lowest BCUT2D eigenvalue weighted by molar-refractivity contribution is 0.0648. The van der Waals surface area contributed by atoms with E-state index in [4.69, 9.17) is 0 Å². The van der Waals surface area contributed by atoms with E-state index in [1.807, 2.05) is 11.9 Å². The van der Waals surface area contributed by atoms with Gasteiger partial charge in [-0.1, -0.05) is 0 Å². The average Bonchev–Trinajstić information content (AvgIpc) is 2.82. The van der Waals surface area contributed by atoms with Gasteiger partial charge in [-0.15, -0.1) is 0 Å². The van der Waals surface area contributed by atoms with Gasteiger partial charge in [-0.05, 0) is 45.7 Å². The second-order valence-corrected chi connectivity index (χ2v) is 5.63. The number of nitrogens with one attached hydrogen (secondary N) is 1. The molecule has 0 saturated carbocycles. The number of carbonyl (C=O) groups excluding carboxylic acids is 1. The zero-order chi connectivity index (χ0) is 13.8. The minimum Gasteiger partial charge on any atom is -0.335 e. The predicted molar refractivity (Wildman–Crippen MR) is 75.0 cm³/mol. The summed E-state index contributed by atoms with van der Waals surface area (Å²) < 4.78 is 1.79. The van der Waals surface area contributed by atoms with E-state index in [1.54, 1.807) is 17.1 Å². The van der Waals surface area contributed by atoms with Crippen LogP contribution in [0.15, 0.2) is 12.5 Å². The molecule has 2 rings (SSSR count). The quantitative estimate of drug-likeness (QED) is 0.891. The number of nitrogens with zero attached hydrogens (tertiary/aromatic N) is 3. The molecule has 0 unspecified atom stereocenters. The molecule has 1 aliphatic heterocycles. The van der Waals surface area contributed by atoms with Crippen LogP contribution in [0.1, 0.15) is 37.2 Å². The summed E-state index contributed by atoms with van der Waals surface area (Å²) in [6, 6.07) is 0.220. The first-order valence-electron chi connectivity index (χ1n) is 7.07. The van der Waals surface area contributed by atoms with Crippen LogP contribution in [0.4, 0.5) is 0 Å². The van der Waals surface area contributed by atoms with Crippen LogP contribution in [-0.4, -0.2) is 46.0 Å². The third kappa shape index (κ3) is 3.35. The van der Waals surface area contributed by atoms with E-state index in [0.717, 1.165) is 32.5 Å². The van der Waals surface area contributed by atoms with Gasteiger partial charge in [0.1, 0.15) is 5.69 Å². The van der Waals surface area contributed by atoms with Gasteiger partial charge < -0.3 is 14.8 Å². The minimum absolute atomic E-state index is 0.0912. The lowest BCUT2D eigenvalue weighted by atomic mass is 9.97. The van der Waals surface area contributed by atoms with Gasteiger partial charge >= 0.3 is 0 Å². The van der Waals surface area contributed by atoms with Crippen LogP contribution in [0, 0.1) is 5.92 Å². The zero-order valence-corrected chi connectivity index (χ0v) is 12.1. The molecule has 1 N–H and O–H groups in total. The SMILES string of the molecule is CC(C)N(CC1CCNCC1)C(=O)c1cncn1C. The monoisotopic (exact) mass is 264 g/mol. The summed E-state index contributed by atoms with van der Waals surface area (Å²) >= 11 is 0. The summed E-state index contributed by atoms with van der Waals surface area (Å²) in [6.07, 6.45) is 5.64. The molecule has 1 fully saturated rings. The fourth-order valence-electron chi connectivity index (χ4n) is 2.58. The van der Waals surface area contributed by atoms with Crippen molar-refractivity contribution in [2.45, 2.75) is 32.7 Å². The molecule has 5 nitrogen and oxygen atoms in total. The molecule has 106 valence electrons. The predicted octanol–water partition coefficient (Wildman–Crippen LogP) is 1.27. The van der Waals surface area contributed by atoms with Crippen LogP contribution in [0.5, 0.6) is 0 Å². The fraction of sp³-hybridized carbons (Fsp3) is 0.714. The van der Waals surface area contributed by atoms with Crippen molar-refractivity contribution in [1.29, 1.82) is 0 Å². The standard InChI is InChI=1S/C14H24N4O/c1-11(2)18(9-12-4-6-15-7-5-12)14(19)13-8-16-10-17(13)3/h8,10-12,15H,4-7,9H2,1-3H3. The molecule has 0 aliphatic carbocycles. The molecule has 2 heterocycles. The first-order valence-corrected chi connectivity index (χ1v) is 7.07. The zero-order valence-electron chi connectivity index (χ0n) is 12.1. The lowest BCUT2D eigenvalue weighted by Gasteiger charge is -2.32. The summed E-state index contributed by atoms with van der Waals surface area (Å²) in [4.78, 5) is 18.6. The van der Waals surface area contributed by atoms with Crippen LogP contribution < -0.4 is 5.32 Å².